The van der Waals surface area contributed by atoms with Crippen LogP contribution < -0.4 is 5.73 Å². The Morgan fingerprint density at radius 2 is 1.50 bits per heavy atom. The first-order valence-corrected chi connectivity index (χ1v) is 14.0. The third kappa shape index (κ3) is 10.4. The molecule has 1 saturated heterocycles. The van der Waals surface area contributed by atoms with Crippen molar-refractivity contribution in [2.45, 2.75) is 39.5 Å². The average Bonchev–Trinajstić information content (AvgIpc) is 2.97. The fourth-order valence-electron chi connectivity index (χ4n) is 4.75. The van der Waals surface area contributed by atoms with Gasteiger partial charge in [0.25, 0.3) is 0 Å². The Labute approximate surface area is 238 Å². The second kappa shape index (κ2) is 16.8. The van der Waals surface area contributed by atoms with E-state index in [4.69, 9.17) is 16.9 Å². The van der Waals surface area contributed by atoms with E-state index in [1.54, 1.807) is 0 Å². The number of rotatable bonds is 10. The molecule has 0 radical (unpaired) electrons. The smallest absolute Gasteiger partial charge is 0.320 e. The SMILES string of the molecule is C#Cc1cccc(CN2CCN(CC(=O)OCC)CCN(Cc3cccc(CN)n3)CCN(C(C)C=O)CC2)n1. The highest BCUT2D eigenvalue weighted by Gasteiger charge is 2.21. The number of aldehydes is 1. The zero-order chi connectivity index (χ0) is 28.7. The number of pyridine rings is 2. The van der Waals surface area contributed by atoms with Gasteiger partial charge in [-0.1, -0.05) is 18.1 Å². The van der Waals surface area contributed by atoms with Crippen molar-refractivity contribution in [2.24, 2.45) is 5.73 Å². The molecule has 2 aromatic heterocycles. The fourth-order valence-corrected chi connectivity index (χ4v) is 4.75. The van der Waals surface area contributed by atoms with Gasteiger partial charge in [-0.3, -0.25) is 29.4 Å². The zero-order valence-corrected chi connectivity index (χ0v) is 23.9. The Kier molecular flexibility index (Phi) is 13.2. The molecule has 3 heterocycles. The first-order chi connectivity index (χ1) is 19.4. The Morgan fingerprint density at radius 3 is 2.08 bits per heavy atom. The van der Waals surface area contributed by atoms with Crippen molar-refractivity contribution >= 4 is 12.3 Å². The molecule has 0 aromatic carbocycles. The van der Waals surface area contributed by atoms with Gasteiger partial charge in [0.1, 0.15) is 12.0 Å². The van der Waals surface area contributed by atoms with Crippen molar-refractivity contribution in [3.63, 3.8) is 0 Å². The molecule has 10 heteroatoms. The van der Waals surface area contributed by atoms with Crippen LogP contribution in [0.5, 0.6) is 0 Å². The number of esters is 1. The van der Waals surface area contributed by atoms with Crippen LogP contribution in [0, 0.1) is 12.3 Å². The standard InChI is InChI=1S/C30H43N7O3/c1-4-26-8-6-10-28(32-26)21-34-12-14-36(23-30(39)40-5-2)15-13-35(17-19-37(18-16-34)25(3)24-38)22-29-11-7-9-27(20-31)33-29/h1,6-11,24-25H,5,12-23,31H2,2-3H3. The van der Waals surface area contributed by atoms with Crippen molar-refractivity contribution in [3.05, 3.63) is 59.2 Å². The Morgan fingerprint density at radius 1 is 0.950 bits per heavy atom. The van der Waals surface area contributed by atoms with E-state index in [-0.39, 0.29) is 18.6 Å². The van der Waals surface area contributed by atoms with Crippen molar-refractivity contribution < 1.29 is 14.3 Å². The lowest BCUT2D eigenvalue weighted by Crippen LogP contribution is -2.48. The molecule has 2 N–H and O–H groups in total. The Balaban J connectivity index is 1.80. The van der Waals surface area contributed by atoms with E-state index in [0.29, 0.717) is 45.0 Å². The van der Waals surface area contributed by atoms with Crippen LogP contribution in [-0.4, -0.2) is 113 Å². The van der Waals surface area contributed by atoms with E-state index in [0.717, 1.165) is 62.6 Å². The maximum atomic E-state index is 12.4. The summed E-state index contributed by atoms with van der Waals surface area (Å²) >= 11 is 0. The predicted octanol–water partition coefficient (Wildman–Crippen LogP) is 0.989. The third-order valence-corrected chi connectivity index (χ3v) is 7.10. The highest BCUT2D eigenvalue weighted by atomic mass is 16.5. The maximum absolute atomic E-state index is 12.4. The third-order valence-electron chi connectivity index (χ3n) is 7.10. The number of nitrogens with two attached hydrogens (primary N) is 1. The molecule has 40 heavy (non-hydrogen) atoms. The second-order valence-electron chi connectivity index (χ2n) is 10.0. The van der Waals surface area contributed by atoms with Gasteiger partial charge in [0.05, 0.1) is 36.3 Å². The normalized spacial score (nSPS) is 17.8. The quantitative estimate of drug-likeness (QED) is 0.262. The molecule has 1 aliphatic heterocycles. The monoisotopic (exact) mass is 549 g/mol. The average molecular weight is 550 g/mol. The molecule has 10 nitrogen and oxygen atoms in total. The molecule has 0 bridgehead atoms. The number of terminal acetylenes is 1. The number of carbonyl (C=O) groups is 2. The Bertz CT molecular complexity index is 1120. The van der Waals surface area contributed by atoms with Gasteiger partial charge in [-0.2, -0.15) is 0 Å². The second-order valence-corrected chi connectivity index (χ2v) is 10.0. The van der Waals surface area contributed by atoms with Gasteiger partial charge >= 0.3 is 5.97 Å². The Hall–Kier alpha value is -3.20. The topological polar surface area (TPSA) is 108 Å². The molecule has 1 aliphatic rings. The minimum absolute atomic E-state index is 0.200. The van der Waals surface area contributed by atoms with Gasteiger partial charge < -0.3 is 15.3 Å². The molecule has 1 atom stereocenters. The molecule has 216 valence electrons. The minimum Gasteiger partial charge on any atom is -0.465 e. The molecule has 0 aliphatic carbocycles. The number of carbonyl (C=O) groups excluding carboxylic acids is 2. The van der Waals surface area contributed by atoms with Crippen molar-refractivity contribution in [2.75, 3.05) is 65.5 Å². The van der Waals surface area contributed by atoms with Crippen LogP contribution >= 0.6 is 0 Å². The highest BCUT2D eigenvalue weighted by Crippen LogP contribution is 2.10. The summed E-state index contributed by atoms with van der Waals surface area (Å²) in [6.45, 7) is 11.8. The summed E-state index contributed by atoms with van der Waals surface area (Å²) in [5, 5.41) is 0. The number of ether oxygens (including phenoxy) is 1. The number of nitrogens with zero attached hydrogens (tertiary/aromatic N) is 6. The number of hydrogen-bond acceptors (Lipinski definition) is 10. The van der Waals surface area contributed by atoms with E-state index in [1.807, 2.05) is 50.2 Å². The molecule has 0 amide bonds. The minimum atomic E-state index is -0.223. The number of hydrogen-bond donors (Lipinski definition) is 1. The summed E-state index contributed by atoms with van der Waals surface area (Å²) in [7, 11) is 0. The van der Waals surface area contributed by atoms with Gasteiger partial charge in [-0.05, 0) is 38.1 Å². The van der Waals surface area contributed by atoms with Gasteiger partial charge in [0.15, 0.2) is 0 Å². The molecule has 1 unspecified atom stereocenters. The van der Waals surface area contributed by atoms with Crippen molar-refractivity contribution in [3.8, 4) is 12.3 Å². The lowest BCUT2D eigenvalue weighted by molar-refractivity contribution is -0.144. The largest absolute Gasteiger partial charge is 0.465 e. The van der Waals surface area contributed by atoms with Crippen LogP contribution in [0.4, 0.5) is 0 Å². The summed E-state index contributed by atoms with van der Waals surface area (Å²) in [6.07, 6.45) is 6.57. The van der Waals surface area contributed by atoms with Crippen LogP contribution in [0.25, 0.3) is 0 Å². The summed E-state index contributed by atoms with van der Waals surface area (Å²) in [5.74, 6) is 2.38. The molecular weight excluding hydrogens is 506 g/mol. The summed E-state index contributed by atoms with van der Waals surface area (Å²) in [4.78, 5) is 42.5. The first-order valence-electron chi connectivity index (χ1n) is 14.0. The summed E-state index contributed by atoms with van der Waals surface area (Å²) in [6, 6.07) is 11.4. The van der Waals surface area contributed by atoms with Crippen LogP contribution in [0.3, 0.4) is 0 Å². The zero-order valence-electron chi connectivity index (χ0n) is 23.9. The van der Waals surface area contributed by atoms with Crippen LogP contribution in [0.15, 0.2) is 36.4 Å². The van der Waals surface area contributed by atoms with Gasteiger partial charge in [0.2, 0.25) is 0 Å². The number of aromatic nitrogens is 2. The van der Waals surface area contributed by atoms with E-state index >= 15 is 0 Å². The van der Waals surface area contributed by atoms with Gasteiger partial charge in [-0.25, -0.2) is 4.98 Å². The van der Waals surface area contributed by atoms with Crippen LogP contribution in [0.2, 0.25) is 0 Å². The van der Waals surface area contributed by atoms with Crippen molar-refractivity contribution in [1.82, 2.24) is 29.6 Å². The maximum Gasteiger partial charge on any atom is 0.320 e. The van der Waals surface area contributed by atoms with Crippen LogP contribution in [-0.2, 0) is 34.0 Å². The van der Waals surface area contributed by atoms with Crippen LogP contribution in [0.1, 0.15) is 36.6 Å². The van der Waals surface area contributed by atoms with Gasteiger partial charge in [0, 0.05) is 72.0 Å². The molecule has 2 aromatic rings. The molecule has 0 spiro atoms. The lowest BCUT2D eigenvalue weighted by Gasteiger charge is -2.35. The van der Waals surface area contributed by atoms with Gasteiger partial charge in [-0.15, -0.1) is 6.42 Å². The fraction of sp³-hybridized carbons (Fsp3) is 0.533. The lowest BCUT2D eigenvalue weighted by atomic mass is 10.2. The highest BCUT2D eigenvalue weighted by molar-refractivity contribution is 5.71. The first kappa shape index (κ1) is 31.3. The molecule has 1 fully saturated rings. The van der Waals surface area contributed by atoms with E-state index in [9.17, 15) is 9.59 Å². The molecule has 3 rings (SSSR count). The van der Waals surface area contributed by atoms with E-state index < -0.39 is 0 Å². The van der Waals surface area contributed by atoms with E-state index in [2.05, 4.69) is 35.5 Å². The predicted molar refractivity (Wildman–Crippen MR) is 155 cm³/mol. The van der Waals surface area contributed by atoms with Crippen molar-refractivity contribution in [1.29, 1.82) is 0 Å². The summed E-state index contributed by atoms with van der Waals surface area (Å²) < 4.78 is 5.27. The summed E-state index contributed by atoms with van der Waals surface area (Å²) in [5.41, 5.74) is 9.13. The van der Waals surface area contributed by atoms with E-state index in [1.165, 1.54) is 0 Å². The molecule has 0 saturated carbocycles. The molecular formula is C30H43N7O3.